The van der Waals surface area contributed by atoms with Crippen LogP contribution in [0, 0.1) is 20.8 Å². The van der Waals surface area contributed by atoms with Gasteiger partial charge in [-0.2, -0.15) is 0 Å². The fourth-order valence-corrected chi connectivity index (χ4v) is 2.55. The van der Waals surface area contributed by atoms with Gasteiger partial charge in [0.2, 0.25) is 0 Å². The Kier molecular flexibility index (Phi) is 4.05. The van der Waals surface area contributed by atoms with E-state index in [-0.39, 0.29) is 5.97 Å². The van der Waals surface area contributed by atoms with Crippen LogP contribution in [0.2, 0.25) is 0 Å². The summed E-state index contributed by atoms with van der Waals surface area (Å²) < 4.78 is 6.27. The highest BCUT2D eigenvalue weighted by Gasteiger charge is 2.14. The number of esters is 1. The first-order chi connectivity index (χ1) is 8.99. The van der Waals surface area contributed by atoms with Gasteiger partial charge >= 0.3 is 5.97 Å². The molecule has 0 atom stereocenters. The lowest BCUT2D eigenvalue weighted by molar-refractivity contribution is 0.0731. The molecule has 19 heavy (non-hydrogen) atoms. The second-order valence-corrected chi connectivity index (χ2v) is 5.45. The standard InChI is InChI=1S/C16H15BrO2/c1-10-8-11(2)15(12(3)9-10)19-16(18)13-6-4-5-7-14(13)17/h4-9H,1-3H3. The van der Waals surface area contributed by atoms with Gasteiger partial charge in [0, 0.05) is 4.47 Å². The molecule has 0 aliphatic rings. The molecule has 2 aromatic rings. The Morgan fingerprint density at radius 1 is 1.05 bits per heavy atom. The van der Waals surface area contributed by atoms with E-state index in [2.05, 4.69) is 15.9 Å². The summed E-state index contributed by atoms with van der Waals surface area (Å²) in [5.41, 5.74) is 3.63. The third-order valence-corrected chi connectivity index (χ3v) is 3.58. The molecule has 0 heterocycles. The number of carbonyl (C=O) groups is 1. The largest absolute Gasteiger partial charge is 0.422 e. The first kappa shape index (κ1) is 13.8. The van der Waals surface area contributed by atoms with Crippen molar-refractivity contribution >= 4 is 21.9 Å². The van der Waals surface area contributed by atoms with Crippen molar-refractivity contribution in [3.8, 4) is 5.75 Å². The quantitative estimate of drug-likeness (QED) is 0.597. The average Bonchev–Trinajstić information content (AvgIpc) is 2.34. The van der Waals surface area contributed by atoms with Crippen LogP contribution < -0.4 is 4.74 Å². The minimum atomic E-state index is -0.345. The van der Waals surface area contributed by atoms with E-state index in [0.717, 1.165) is 21.2 Å². The number of halogens is 1. The van der Waals surface area contributed by atoms with Crippen molar-refractivity contribution in [3.05, 3.63) is 63.1 Å². The summed E-state index contributed by atoms with van der Waals surface area (Å²) in [7, 11) is 0. The van der Waals surface area contributed by atoms with Crippen LogP contribution in [0.5, 0.6) is 5.75 Å². The van der Waals surface area contributed by atoms with Gasteiger partial charge < -0.3 is 4.74 Å². The highest BCUT2D eigenvalue weighted by Crippen LogP contribution is 2.26. The van der Waals surface area contributed by atoms with Gasteiger partial charge in [0.25, 0.3) is 0 Å². The van der Waals surface area contributed by atoms with Gasteiger partial charge in [0.1, 0.15) is 5.75 Å². The molecule has 0 spiro atoms. The van der Waals surface area contributed by atoms with Crippen molar-refractivity contribution < 1.29 is 9.53 Å². The van der Waals surface area contributed by atoms with Crippen LogP contribution in [0.25, 0.3) is 0 Å². The number of benzene rings is 2. The Bertz CT molecular complexity index is 609. The van der Waals surface area contributed by atoms with E-state index in [1.807, 2.05) is 51.1 Å². The number of hydrogen-bond acceptors (Lipinski definition) is 2. The molecular weight excluding hydrogens is 304 g/mol. The van der Waals surface area contributed by atoms with Crippen LogP contribution in [0.4, 0.5) is 0 Å². The van der Waals surface area contributed by atoms with Crippen LogP contribution in [-0.2, 0) is 0 Å². The van der Waals surface area contributed by atoms with Crippen molar-refractivity contribution in [2.45, 2.75) is 20.8 Å². The van der Waals surface area contributed by atoms with E-state index in [9.17, 15) is 4.79 Å². The van der Waals surface area contributed by atoms with Gasteiger partial charge in [0.15, 0.2) is 0 Å². The van der Waals surface area contributed by atoms with E-state index >= 15 is 0 Å². The molecule has 0 unspecified atom stereocenters. The smallest absolute Gasteiger partial charge is 0.344 e. The average molecular weight is 319 g/mol. The zero-order valence-corrected chi connectivity index (χ0v) is 12.7. The Balaban J connectivity index is 2.32. The number of ether oxygens (including phenoxy) is 1. The molecule has 0 aliphatic carbocycles. The number of aryl methyl sites for hydroxylation is 3. The van der Waals surface area contributed by atoms with E-state index < -0.39 is 0 Å². The minimum absolute atomic E-state index is 0.345. The molecule has 0 bridgehead atoms. The van der Waals surface area contributed by atoms with E-state index in [0.29, 0.717) is 11.3 Å². The maximum atomic E-state index is 12.2. The van der Waals surface area contributed by atoms with Crippen LogP contribution in [0.3, 0.4) is 0 Å². The topological polar surface area (TPSA) is 26.3 Å². The highest BCUT2D eigenvalue weighted by molar-refractivity contribution is 9.10. The number of hydrogen-bond donors (Lipinski definition) is 0. The summed E-state index contributed by atoms with van der Waals surface area (Å²) in [5.74, 6) is 0.300. The molecule has 2 nitrogen and oxygen atoms in total. The van der Waals surface area contributed by atoms with Crippen molar-refractivity contribution in [2.75, 3.05) is 0 Å². The predicted octanol–water partition coefficient (Wildman–Crippen LogP) is 4.59. The molecule has 0 fully saturated rings. The predicted molar refractivity (Wildman–Crippen MR) is 79.8 cm³/mol. The van der Waals surface area contributed by atoms with Crippen LogP contribution in [0.1, 0.15) is 27.0 Å². The summed E-state index contributed by atoms with van der Waals surface area (Å²) >= 11 is 3.36. The number of rotatable bonds is 2. The van der Waals surface area contributed by atoms with E-state index in [1.54, 1.807) is 6.07 Å². The van der Waals surface area contributed by atoms with E-state index in [4.69, 9.17) is 4.74 Å². The molecule has 0 aliphatic heterocycles. The van der Waals surface area contributed by atoms with Crippen LogP contribution >= 0.6 is 15.9 Å². The lowest BCUT2D eigenvalue weighted by Crippen LogP contribution is -2.11. The molecule has 98 valence electrons. The molecule has 2 aromatic carbocycles. The minimum Gasteiger partial charge on any atom is -0.422 e. The number of carbonyl (C=O) groups excluding carboxylic acids is 1. The van der Waals surface area contributed by atoms with Crippen molar-refractivity contribution in [2.24, 2.45) is 0 Å². The van der Waals surface area contributed by atoms with Gasteiger partial charge in [0.05, 0.1) is 5.56 Å². The third-order valence-electron chi connectivity index (χ3n) is 2.89. The van der Waals surface area contributed by atoms with Crippen molar-refractivity contribution in [3.63, 3.8) is 0 Å². The van der Waals surface area contributed by atoms with Gasteiger partial charge in [-0.05, 0) is 60.0 Å². The lowest BCUT2D eigenvalue weighted by Gasteiger charge is -2.12. The molecule has 0 amide bonds. The fourth-order valence-electron chi connectivity index (χ4n) is 2.10. The molecule has 0 aromatic heterocycles. The zero-order chi connectivity index (χ0) is 14.0. The van der Waals surface area contributed by atoms with Crippen LogP contribution in [-0.4, -0.2) is 5.97 Å². The maximum Gasteiger partial charge on any atom is 0.344 e. The summed E-state index contributed by atoms with van der Waals surface area (Å²) in [6.07, 6.45) is 0. The lowest BCUT2D eigenvalue weighted by atomic mass is 10.1. The Morgan fingerprint density at radius 2 is 1.63 bits per heavy atom. The van der Waals surface area contributed by atoms with Gasteiger partial charge in [-0.3, -0.25) is 0 Å². The summed E-state index contributed by atoms with van der Waals surface area (Å²) in [4.78, 5) is 12.2. The molecule has 3 heteroatoms. The first-order valence-electron chi connectivity index (χ1n) is 6.03. The molecular formula is C16H15BrO2. The summed E-state index contributed by atoms with van der Waals surface area (Å²) in [5, 5.41) is 0. The van der Waals surface area contributed by atoms with E-state index in [1.165, 1.54) is 0 Å². The maximum absolute atomic E-state index is 12.2. The summed E-state index contributed by atoms with van der Waals surface area (Å²) in [6, 6.07) is 11.3. The summed E-state index contributed by atoms with van der Waals surface area (Å²) in [6.45, 7) is 5.92. The Labute approximate surface area is 121 Å². The van der Waals surface area contributed by atoms with Gasteiger partial charge in [-0.15, -0.1) is 0 Å². The Morgan fingerprint density at radius 3 is 2.21 bits per heavy atom. The van der Waals surface area contributed by atoms with Crippen molar-refractivity contribution in [1.29, 1.82) is 0 Å². The fraction of sp³-hybridized carbons (Fsp3) is 0.188. The normalized spacial score (nSPS) is 10.3. The SMILES string of the molecule is Cc1cc(C)c(OC(=O)c2ccccc2Br)c(C)c1. The first-order valence-corrected chi connectivity index (χ1v) is 6.83. The van der Waals surface area contributed by atoms with Gasteiger partial charge in [-0.25, -0.2) is 4.79 Å². The Hall–Kier alpha value is -1.61. The molecule has 0 radical (unpaired) electrons. The second-order valence-electron chi connectivity index (χ2n) is 4.60. The molecule has 0 saturated heterocycles. The van der Waals surface area contributed by atoms with Crippen molar-refractivity contribution in [1.82, 2.24) is 0 Å². The van der Waals surface area contributed by atoms with Crippen LogP contribution in [0.15, 0.2) is 40.9 Å². The van der Waals surface area contributed by atoms with Gasteiger partial charge in [-0.1, -0.05) is 29.8 Å². The zero-order valence-electron chi connectivity index (χ0n) is 11.2. The second kappa shape index (κ2) is 5.57. The molecule has 0 N–H and O–H groups in total. The molecule has 0 saturated carbocycles. The highest BCUT2D eigenvalue weighted by atomic mass is 79.9. The monoisotopic (exact) mass is 318 g/mol. The third kappa shape index (κ3) is 3.04. The molecule has 2 rings (SSSR count).